The van der Waals surface area contributed by atoms with E-state index >= 15 is 0 Å². The number of thioether (sulfide) groups is 1. The predicted octanol–water partition coefficient (Wildman–Crippen LogP) is 7.28. The summed E-state index contributed by atoms with van der Waals surface area (Å²) < 4.78 is 0. The average molecular weight is 488 g/mol. The minimum atomic E-state index is -0.403. The number of carbonyl (C=O) groups is 1. The molecule has 3 aromatic rings. The first-order chi connectivity index (χ1) is 16.3. The van der Waals surface area contributed by atoms with E-state index in [1.807, 2.05) is 77.7 Å². The molecule has 0 aromatic heterocycles. The van der Waals surface area contributed by atoms with Gasteiger partial charge >= 0.3 is 0 Å². The van der Waals surface area contributed by atoms with Crippen molar-refractivity contribution in [3.63, 3.8) is 0 Å². The molecule has 5 rings (SSSR count). The fraction of sp³-hybridized carbons (Fsp3) is 0.214. The van der Waals surface area contributed by atoms with Crippen molar-refractivity contribution in [3.05, 3.63) is 99.9 Å². The molecule has 172 valence electrons. The number of halogens is 1. The molecule has 4 nitrogen and oxygen atoms in total. The minimum Gasteiger partial charge on any atom is -0.369 e. The van der Waals surface area contributed by atoms with Crippen LogP contribution in [0.4, 0.5) is 11.4 Å². The Bertz CT molecular complexity index is 1300. The fourth-order valence-corrected chi connectivity index (χ4v) is 6.33. The lowest BCUT2D eigenvalue weighted by Gasteiger charge is -2.37. The van der Waals surface area contributed by atoms with Gasteiger partial charge in [0.2, 0.25) is 5.96 Å². The summed E-state index contributed by atoms with van der Waals surface area (Å²) in [6, 6.07) is 25.1. The third-order valence-corrected chi connectivity index (χ3v) is 7.63. The van der Waals surface area contributed by atoms with Crippen LogP contribution in [-0.2, 0) is 4.79 Å². The minimum absolute atomic E-state index is 0.0960. The topological polar surface area (TPSA) is 58.7 Å². The van der Waals surface area contributed by atoms with Crippen molar-refractivity contribution >= 4 is 46.5 Å². The molecule has 34 heavy (non-hydrogen) atoms. The molecular formula is C28H26ClN3OS. The van der Waals surface area contributed by atoms with Gasteiger partial charge in [-0.05, 0) is 58.7 Å². The summed E-state index contributed by atoms with van der Waals surface area (Å²) >= 11 is 7.91. The Balaban J connectivity index is 1.77. The smallest absolute Gasteiger partial charge is 0.201 e. The molecule has 0 saturated carbocycles. The van der Waals surface area contributed by atoms with Gasteiger partial charge in [0, 0.05) is 21.9 Å². The quantitative estimate of drug-likeness (QED) is 0.304. The number of rotatable bonds is 2. The average Bonchev–Trinajstić information content (AvgIpc) is 2.94. The molecule has 0 bridgehead atoms. The van der Waals surface area contributed by atoms with Gasteiger partial charge in [0.1, 0.15) is 0 Å². The molecule has 1 aliphatic carbocycles. The van der Waals surface area contributed by atoms with Crippen LogP contribution in [-0.4, -0.2) is 11.7 Å². The van der Waals surface area contributed by atoms with Crippen molar-refractivity contribution in [1.82, 2.24) is 0 Å². The van der Waals surface area contributed by atoms with Crippen molar-refractivity contribution in [2.75, 3.05) is 4.90 Å². The maximum absolute atomic E-state index is 13.7. The lowest BCUT2D eigenvalue weighted by Crippen LogP contribution is -2.43. The standard InChI is InChI=1S/C28H26ClN3OS/c1-28(2)16-22(33)25-24(17-28)34-23-11-7-6-10-21(23)32(26(25)18-12-14-19(29)15-13-18)27(30)31-20-8-4-3-5-9-20/h3-15,26H,16-17H2,1-2H3,(H2,30,31)/t26-/m0/s1. The summed E-state index contributed by atoms with van der Waals surface area (Å²) in [5.74, 6) is 0.495. The van der Waals surface area contributed by atoms with Crippen molar-refractivity contribution < 1.29 is 4.79 Å². The maximum Gasteiger partial charge on any atom is 0.201 e. The molecule has 2 aliphatic rings. The molecule has 1 atom stereocenters. The number of aliphatic imine (C=N–C) groups is 1. The summed E-state index contributed by atoms with van der Waals surface area (Å²) in [6.45, 7) is 4.32. The highest BCUT2D eigenvalue weighted by molar-refractivity contribution is 8.03. The second-order valence-corrected chi connectivity index (χ2v) is 11.1. The van der Waals surface area contributed by atoms with Crippen molar-refractivity contribution in [2.45, 2.75) is 37.6 Å². The van der Waals surface area contributed by atoms with E-state index in [0.29, 0.717) is 17.4 Å². The van der Waals surface area contributed by atoms with E-state index in [9.17, 15) is 4.79 Å². The number of benzene rings is 3. The van der Waals surface area contributed by atoms with E-state index in [1.54, 1.807) is 11.8 Å². The Labute approximate surface area is 209 Å². The maximum atomic E-state index is 13.7. The second-order valence-electron chi connectivity index (χ2n) is 9.48. The molecule has 6 heteroatoms. The molecular weight excluding hydrogens is 462 g/mol. The van der Waals surface area contributed by atoms with Crippen molar-refractivity contribution in [1.29, 1.82) is 0 Å². The zero-order valence-electron chi connectivity index (χ0n) is 19.2. The van der Waals surface area contributed by atoms with Gasteiger partial charge in [-0.15, -0.1) is 0 Å². The van der Waals surface area contributed by atoms with Crippen LogP contribution in [0, 0.1) is 5.41 Å². The molecule has 0 fully saturated rings. The van der Waals surface area contributed by atoms with Crippen LogP contribution in [0.5, 0.6) is 0 Å². The molecule has 3 aromatic carbocycles. The van der Waals surface area contributed by atoms with Gasteiger partial charge in [0.15, 0.2) is 5.78 Å². The number of Topliss-reactive ketones (excluding diaryl/α,β-unsaturated/α-hetero) is 1. The van der Waals surface area contributed by atoms with E-state index in [-0.39, 0.29) is 11.2 Å². The number of hydrogen-bond donors (Lipinski definition) is 1. The van der Waals surface area contributed by atoms with E-state index in [2.05, 4.69) is 19.9 Å². The number of fused-ring (bicyclic) bond motifs is 1. The number of nitrogens with zero attached hydrogens (tertiary/aromatic N) is 2. The van der Waals surface area contributed by atoms with Crippen LogP contribution in [0.25, 0.3) is 0 Å². The zero-order valence-corrected chi connectivity index (χ0v) is 20.7. The van der Waals surface area contributed by atoms with E-state index in [1.165, 1.54) is 0 Å². The Morgan fingerprint density at radius 1 is 1.00 bits per heavy atom. The van der Waals surface area contributed by atoms with Crippen LogP contribution in [0.15, 0.2) is 99.2 Å². The Kier molecular flexibility index (Phi) is 6.00. The van der Waals surface area contributed by atoms with Gasteiger partial charge in [0.05, 0.1) is 17.4 Å². The van der Waals surface area contributed by atoms with E-state index in [4.69, 9.17) is 22.3 Å². The lowest BCUT2D eigenvalue weighted by molar-refractivity contribution is -0.118. The van der Waals surface area contributed by atoms with Crippen molar-refractivity contribution in [2.24, 2.45) is 16.1 Å². The number of allylic oxidation sites excluding steroid dienone is 1. The number of nitrogens with two attached hydrogens (primary N) is 1. The first-order valence-electron chi connectivity index (χ1n) is 11.3. The predicted molar refractivity (Wildman–Crippen MR) is 142 cm³/mol. The lowest BCUT2D eigenvalue weighted by atomic mass is 9.75. The van der Waals surface area contributed by atoms with Gasteiger partial charge in [-0.25, -0.2) is 4.99 Å². The van der Waals surface area contributed by atoms with E-state index in [0.717, 1.165) is 38.7 Å². The van der Waals surface area contributed by atoms with Crippen LogP contribution in [0.3, 0.4) is 0 Å². The summed E-state index contributed by atoms with van der Waals surface area (Å²) in [5, 5.41) is 0.648. The highest BCUT2D eigenvalue weighted by Gasteiger charge is 2.42. The van der Waals surface area contributed by atoms with Gasteiger partial charge in [0.25, 0.3) is 0 Å². The third-order valence-electron chi connectivity index (χ3n) is 6.20. The molecule has 1 aliphatic heterocycles. The first-order valence-corrected chi connectivity index (χ1v) is 12.5. The van der Waals surface area contributed by atoms with Gasteiger partial charge in [-0.2, -0.15) is 0 Å². The van der Waals surface area contributed by atoms with Crippen LogP contribution in [0.2, 0.25) is 5.02 Å². The molecule has 0 spiro atoms. The SMILES string of the molecule is CC1(C)CC(=O)C2=C(C1)Sc1ccccc1N(C(N)=Nc1ccccc1)[C@H]2c1ccc(Cl)cc1. The Morgan fingerprint density at radius 2 is 1.68 bits per heavy atom. The molecule has 1 heterocycles. The van der Waals surface area contributed by atoms with Crippen LogP contribution in [0.1, 0.15) is 38.3 Å². The van der Waals surface area contributed by atoms with Crippen molar-refractivity contribution in [3.8, 4) is 0 Å². The Morgan fingerprint density at radius 3 is 2.41 bits per heavy atom. The second kappa shape index (κ2) is 8.97. The summed E-state index contributed by atoms with van der Waals surface area (Å²) in [7, 11) is 0. The zero-order chi connectivity index (χ0) is 23.9. The van der Waals surface area contributed by atoms with Crippen LogP contribution >= 0.6 is 23.4 Å². The molecule has 2 N–H and O–H groups in total. The number of guanidine groups is 1. The van der Waals surface area contributed by atoms with Gasteiger partial charge in [-0.3, -0.25) is 9.69 Å². The third kappa shape index (κ3) is 4.38. The number of anilines is 1. The number of carbonyl (C=O) groups excluding carboxylic acids is 1. The Hall–Kier alpha value is -3.02. The van der Waals surface area contributed by atoms with Gasteiger partial charge in [-0.1, -0.05) is 79.7 Å². The monoisotopic (exact) mass is 487 g/mol. The number of ketones is 1. The summed E-state index contributed by atoms with van der Waals surface area (Å²) in [6.07, 6.45) is 1.33. The summed E-state index contributed by atoms with van der Waals surface area (Å²) in [4.78, 5) is 22.6. The summed E-state index contributed by atoms with van der Waals surface area (Å²) in [5.41, 5.74) is 10.1. The highest BCUT2D eigenvalue weighted by atomic mass is 35.5. The molecule has 0 saturated heterocycles. The largest absolute Gasteiger partial charge is 0.369 e. The molecule has 0 unspecified atom stereocenters. The first kappa shape index (κ1) is 22.8. The van der Waals surface area contributed by atoms with Gasteiger partial charge < -0.3 is 5.73 Å². The fourth-order valence-electron chi connectivity index (χ4n) is 4.72. The molecule has 0 radical (unpaired) electrons. The van der Waals surface area contributed by atoms with Crippen LogP contribution < -0.4 is 10.6 Å². The molecule has 0 amide bonds. The highest BCUT2D eigenvalue weighted by Crippen LogP contribution is 2.53. The normalized spacial score (nSPS) is 20.0. The van der Waals surface area contributed by atoms with E-state index < -0.39 is 6.04 Å². The number of para-hydroxylation sites is 2. The number of hydrogen-bond acceptors (Lipinski definition) is 3.